The lowest BCUT2D eigenvalue weighted by Crippen LogP contribution is -2.58. The Kier molecular flexibility index (Phi) is 4.10. The third-order valence-electron chi connectivity index (χ3n) is 5.12. The number of amides is 1. The number of halogens is 1. The van der Waals surface area contributed by atoms with Crippen molar-refractivity contribution in [2.24, 2.45) is 0 Å². The average molecular weight is 345 g/mol. The molecule has 1 N–H and O–H groups in total. The number of thiazole rings is 1. The molecule has 1 aromatic carbocycles. The second kappa shape index (κ2) is 6.26. The van der Waals surface area contributed by atoms with Crippen LogP contribution < -0.4 is 5.32 Å². The molecule has 0 saturated carbocycles. The number of carbonyl (C=O) groups excluding carboxylic acids is 1. The van der Waals surface area contributed by atoms with Gasteiger partial charge < -0.3 is 5.32 Å². The van der Waals surface area contributed by atoms with Crippen molar-refractivity contribution < 1.29 is 9.18 Å². The molecule has 1 spiro atoms. The highest BCUT2D eigenvalue weighted by atomic mass is 32.1. The van der Waals surface area contributed by atoms with Gasteiger partial charge in [0.1, 0.15) is 16.4 Å². The molecule has 6 heteroatoms. The molecule has 1 amide bonds. The second-order valence-corrected chi connectivity index (χ2v) is 7.49. The number of rotatable bonds is 3. The standard InChI is InChI=1S/C18H20FN3OS/c19-14-5-3-13(4-6-14)15-12-24-16(21-15)11-22-10-2-8-18(22)7-1-9-20-17(18)23/h3-6,12H,1-2,7-11H2,(H,20,23). The van der Waals surface area contributed by atoms with Crippen LogP contribution in [0.1, 0.15) is 30.7 Å². The van der Waals surface area contributed by atoms with Gasteiger partial charge in [-0.05, 0) is 56.5 Å². The number of benzene rings is 1. The van der Waals surface area contributed by atoms with Gasteiger partial charge in [-0.2, -0.15) is 0 Å². The van der Waals surface area contributed by atoms with Crippen LogP contribution in [0, 0.1) is 5.82 Å². The fourth-order valence-corrected chi connectivity index (χ4v) is 4.68. The number of likely N-dealkylation sites (tertiary alicyclic amines) is 1. The van der Waals surface area contributed by atoms with Gasteiger partial charge in [-0.3, -0.25) is 9.69 Å². The Morgan fingerprint density at radius 3 is 2.83 bits per heavy atom. The Balaban J connectivity index is 1.53. The van der Waals surface area contributed by atoms with E-state index >= 15 is 0 Å². The van der Waals surface area contributed by atoms with Crippen molar-refractivity contribution in [3.8, 4) is 11.3 Å². The normalized spacial score (nSPS) is 24.5. The Hall–Kier alpha value is -1.79. The van der Waals surface area contributed by atoms with Crippen LogP contribution in [0.5, 0.6) is 0 Å². The molecule has 1 aromatic heterocycles. The molecule has 1 unspecified atom stereocenters. The van der Waals surface area contributed by atoms with Crippen molar-refractivity contribution >= 4 is 17.2 Å². The predicted octanol–water partition coefficient (Wildman–Crippen LogP) is 3.19. The van der Waals surface area contributed by atoms with Gasteiger partial charge in [0.25, 0.3) is 0 Å². The van der Waals surface area contributed by atoms with Gasteiger partial charge >= 0.3 is 0 Å². The number of piperidine rings is 1. The van der Waals surface area contributed by atoms with Crippen molar-refractivity contribution in [1.82, 2.24) is 15.2 Å². The van der Waals surface area contributed by atoms with E-state index in [2.05, 4.69) is 10.2 Å². The maximum Gasteiger partial charge on any atom is 0.240 e. The van der Waals surface area contributed by atoms with E-state index in [4.69, 9.17) is 4.98 Å². The van der Waals surface area contributed by atoms with Crippen LogP contribution >= 0.6 is 11.3 Å². The first-order valence-corrected chi connectivity index (χ1v) is 9.29. The topological polar surface area (TPSA) is 45.2 Å². The maximum absolute atomic E-state index is 13.1. The lowest BCUT2D eigenvalue weighted by molar-refractivity contribution is -0.134. The molecule has 4 rings (SSSR count). The van der Waals surface area contributed by atoms with Crippen molar-refractivity contribution in [3.05, 3.63) is 40.5 Å². The van der Waals surface area contributed by atoms with E-state index in [0.717, 1.165) is 55.0 Å². The highest BCUT2D eigenvalue weighted by Gasteiger charge is 2.48. The molecule has 4 nitrogen and oxygen atoms in total. The van der Waals surface area contributed by atoms with Crippen LogP contribution in [-0.4, -0.2) is 34.4 Å². The van der Waals surface area contributed by atoms with E-state index in [-0.39, 0.29) is 17.3 Å². The van der Waals surface area contributed by atoms with Crippen LogP contribution in [0.25, 0.3) is 11.3 Å². The molecule has 2 saturated heterocycles. The third kappa shape index (κ3) is 2.74. The zero-order valence-electron chi connectivity index (χ0n) is 13.4. The number of nitrogens with one attached hydrogen (secondary N) is 1. The minimum absolute atomic E-state index is 0.182. The fourth-order valence-electron chi connectivity index (χ4n) is 3.87. The molecule has 0 aliphatic carbocycles. The minimum Gasteiger partial charge on any atom is -0.354 e. The van der Waals surface area contributed by atoms with Gasteiger partial charge in [-0.25, -0.2) is 9.37 Å². The van der Waals surface area contributed by atoms with Gasteiger partial charge in [-0.1, -0.05) is 0 Å². The van der Waals surface area contributed by atoms with Crippen molar-refractivity contribution in [2.75, 3.05) is 13.1 Å². The molecular weight excluding hydrogens is 325 g/mol. The van der Waals surface area contributed by atoms with Gasteiger partial charge in [0.2, 0.25) is 5.91 Å². The number of aromatic nitrogens is 1. The highest BCUT2D eigenvalue weighted by molar-refractivity contribution is 7.09. The van der Waals surface area contributed by atoms with Crippen molar-refractivity contribution in [3.63, 3.8) is 0 Å². The Labute approximate surface area is 144 Å². The molecule has 2 aliphatic heterocycles. The molecule has 0 radical (unpaired) electrons. The minimum atomic E-state index is -0.333. The molecule has 2 aliphatic rings. The van der Waals surface area contributed by atoms with E-state index in [1.165, 1.54) is 12.1 Å². The average Bonchev–Trinajstić information content (AvgIpc) is 3.20. The first-order chi connectivity index (χ1) is 11.7. The summed E-state index contributed by atoms with van der Waals surface area (Å²) < 4.78 is 13.1. The van der Waals surface area contributed by atoms with Gasteiger partial charge in [-0.15, -0.1) is 11.3 Å². The van der Waals surface area contributed by atoms with E-state index in [0.29, 0.717) is 6.54 Å². The zero-order valence-corrected chi connectivity index (χ0v) is 14.2. The van der Waals surface area contributed by atoms with Crippen molar-refractivity contribution in [2.45, 2.75) is 37.8 Å². The summed E-state index contributed by atoms with van der Waals surface area (Å²) in [5.74, 6) is -0.0573. The summed E-state index contributed by atoms with van der Waals surface area (Å²) in [7, 11) is 0. The van der Waals surface area contributed by atoms with Crippen LogP contribution in [0.2, 0.25) is 0 Å². The van der Waals surface area contributed by atoms with Gasteiger partial charge in [0.15, 0.2) is 0 Å². The molecule has 1 atom stereocenters. The summed E-state index contributed by atoms with van der Waals surface area (Å²) in [4.78, 5) is 19.5. The van der Waals surface area contributed by atoms with Crippen LogP contribution in [0.4, 0.5) is 4.39 Å². The lowest BCUT2D eigenvalue weighted by atomic mass is 9.86. The molecule has 126 valence electrons. The Bertz CT molecular complexity index is 745. The van der Waals surface area contributed by atoms with E-state index in [1.54, 1.807) is 23.5 Å². The number of hydrogen-bond acceptors (Lipinski definition) is 4. The van der Waals surface area contributed by atoms with Crippen LogP contribution in [-0.2, 0) is 11.3 Å². The van der Waals surface area contributed by atoms with E-state index in [1.807, 2.05) is 5.38 Å². The Morgan fingerprint density at radius 1 is 1.25 bits per heavy atom. The van der Waals surface area contributed by atoms with Gasteiger partial charge in [0.05, 0.1) is 12.2 Å². The summed E-state index contributed by atoms with van der Waals surface area (Å²) in [5, 5.41) is 6.05. The summed E-state index contributed by atoms with van der Waals surface area (Å²) >= 11 is 1.61. The number of hydrogen-bond donors (Lipinski definition) is 1. The number of nitrogens with zero attached hydrogens (tertiary/aromatic N) is 2. The Morgan fingerprint density at radius 2 is 2.04 bits per heavy atom. The lowest BCUT2D eigenvalue weighted by Gasteiger charge is -2.39. The molecule has 2 aromatic rings. The molecule has 0 bridgehead atoms. The van der Waals surface area contributed by atoms with Crippen molar-refractivity contribution in [1.29, 1.82) is 0 Å². The molecule has 3 heterocycles. The third-order valence-corrected chi connectivity index (χ3v) is 5.95. The monoisotopic (exact) mass is 345 g/mol. The maximum atomic E-state index is 13.1. The fraction of sp³-hybridized carbons (Fsp3) is 0.444. The summed E-state index contributed by atoms with van der Waals surface area (Å²) in [6.45, 7) is 2.44. The zero-order chi connectivity index (χ0) is 16.6. The first-order valence-electron chi connectivity index (χ1n) is 8.41. The smallest absolute Gasteiger partial charge is 0.240 e. The molecular formula is C18H20FN3OS. The highest BCUT2D eigenvalue weighted by Crippen LogP contribution is 2.37. The molecule has 24 heavy (non-hydrogen) atoms. The number of carbonyl (C=O) groups is 1. The predicted molar refractivity (Wildman–Crippen MR) is 92.1 cm³/mol. The van der Waals surface area contributed by atoms with Gasteiger partial charge in [0, 0.05) is 17.5 Å². The summed E-state index contributed by atoms with van der Waals surface area (Å²) in [6, 6.07) is 6.41. The van der Waals surface area contributed by atoms with E-state index < -0.39 is 0 Å². The summed E-state index contributed by atoms with van der Waals surface area (Å²) in [6.07, 6.45) is 3.98. The molecule has 2 fully saturated rings. The van der Waals surface area contributed by atoms with E-state index in [9.17, 15) is 9.18 Å². The SMILES string of the molecule is O=C1NCCCC12CCCN2Cc1nc(-c2ccc(F)cc2)cs1. The second-order valence-electron chi connectivity index (χ2n) is 6.55. The quantitative estimate of drug-likeness (QED) is 0.929. The first kappa shape index (κ1) is 15.7. The summed E-state index contributed by atoms with van der Waals surface area (Å²) in [5.41, 5.74) is 1.46. The largest absolute Gasteiger partial charge is 0.354 e. The van der Waals surface area contributed by atoms with Crippen LogP contribution in [0.3, 0.4) is 0 Å². The van der Waals surface area contributed by atoms with Crippen LogP contribution in [0.15, 0.2) is 29.6 Å².